The predicted molar refractivity (Wildman–Crippen MR) is 114 cm³/mol. The van der Waals surface area contributed by atoms with Gasteiger partial charge in [0, 0.05) is 63.0 Å². The molecule has 1 atom stereocenters. The summed E-state index contributed by atoms with van der Waals surface area (Å²) in [5.41, 5.74) is 2.18. The fraction of sp³-hybridized carbons (Fsp3) is 0.591. The molecule has 8 heteroatoms. The number of carbonyl (C=O) groups is 3. The van der Waals surface area contributed by atoms with Gasteiger partial charge >= 0.3 is 0 Å². The van der Waals surface area contributed by atoms with Gasteiger partial charge in [-0.25, -0.2) is 0 Å². The summed E-state index contributed by atoms with van der Waals surface area (Å²) < 4.78 is 0. The van der Waals surface area contributed by atoms with E-state index < -0.39 is 11.5 Å². The smallest absolute Gasteiger partial charge is 0.249 e. The minimum atomic E-state index is -0.720. The lowest BCUT2D eigenvalue weighted by Crippen LogP contribution is -2.61. The van der Waals surface area contributed by atoms with Crippen LogP contribution in [0.3, 0.4) is 0 Å². The highest BCUT2D eigenvalue weighted by atomic mass is 16.2. The quantitative estimate of drug-likeness (QED) is 0.692. The fourth-order valence-corrected chi connectivity index (χ4v) is 5.25. The average Bonchev–Trinajstić information content (AvgIpc) is 2.88. The van der Waals surface area contributed by atoms with Crippen molar-refractivity contribution in [3.8, 4) is 0 Å². The number of hydrogen-bond acceptors (Lipinski definition) is 6. The molecular formula is C22H29N5O3. The summed E-state index contributed by atoms with van der Waals surface area (Å²) in [5, 5.41) is 5.74. The van der Waals surface area contributed by atoms with Crippen LogP contribution in [0.2, 0.25) is 0 Å². The number of carbonyl (C=O) groups excluding carboxylic acids is 3. The Morgan fingerprint density at radius 1 is 1.00 bits per heavy atom. The van der Waals surface area contributed by atoms with Gasteiger partial charge in [-0.3, -0.25) is 29.5 Å². The Morgan fingerprint density at radius 2 is 1.70 bits per heavy atom. The van der Waals surface area contributed by atoms with Crippen molar-refractivity contribution in [2.45, 2.75) is 44.2 Å². The van der Waals surface area contributed by atoms with Gasteiger partial charge in [-0.1, -0.05) is 6.07 Å². The maximum atomic E-state index is 13.5. The third-order valence-electron chi connectivity index (χ3n) is 7.11. The van der Waals surface area contributed by atoms with E-state index in [2.05, 4.69) is 26.5 Å². The molecule has 4 heterocycles. The molecule has 30 heavy (non-hydrogen) atoms. The van der Waals surface area contributed by atoms with Crippen molar-refractivity contribution in [1.29, 1.82) is 0 Å². The van der Waals surface area contributed by atoms with Crippen LogP contribution in [0, 0.1) is 0 Å². The highest BCUT2D eigenvalue weighted by Crippen LogP contribution is 2.48. The van der Waals surface area contributed by atoms with Crippen LogP contribution in [0.5, 0.6) is 0 Å². The number of nitrogens with one attached hydrogen (secondary N) is 2. The molecule has 3 saturated heterocycles. The zero-order valence-corrected chi connectivity index (χ0v) is 17.6. The number of anilines is 2. The Kier molecular flexibility index (Phi) is 4.59. The lowest BCUT2D eigenvalue weighted by atomic mass is 9.84. The second-order valence-corrected chi connectivity index (χ2v) is 9.27. The van der Waals surface area contributed by atoms with Crippen molar-refractivity contribution in [2.24, 2.45) is 0 Å². The first-order valence-electron chi connectivity index (χ1n) is 10.9. The summed E-state index contributed by atoms with van der Waals surface area (Å²) in [6.45, 7) is 9.92. The summed E-state index contributed by atoms with van der Waals surface area (Å²) in [7, 11) is 0. The van der Waals surface area contributed by atoms with Gasteiger partial charge in [-0.05, 0) is 32.4 Å². The molecule has 0 aliphatic carbocycles. The maximum absolute atomic E-state index is 13.5. The minimum absolute atomic E-state index is 0.0707. The van der Waals surface area contributed by atoms with Crippen LogP contribution in [0.25, 0.3) is 0 Å². The van der Waals surface area contributed by atoms with Gasteiger partial charge in [0.05, 0.1) is 11.1 Å². The van der Waals surface area contributed by atoms with E-state index in [4.69, 9.17) is 0 Å². The summed E-state index contributed by atoms with van der Waals surface area (Å²) in [5.74, 6) is -0.717. The molecule has 0 spiro atoms. The summed E-state index contributed by atoms with van der Waals surface area (Å²) >= 11 is 0. The molecule has 8 nitrogen and oxygen atoms in total. The fourth-order valence-electron chi connectivity index (χ4n) is 5.25. The number of fused-ring (bicyclic) bond motifs is 1. The normalized spacial score (nSPS) is 27.1. The van der Waals surface area contributed by atoms with Gasteiger partial charge in [-0.15, -0.1) is 0 Å². The number of rotatable bonds is 3. The van der Waals surface area contributed by atoms with Gasteiger partial charge < -0.3 is 10.2 Å². The molecule has 0 radical (unpaired) electrons. The van der Waals surface area contributed by atoms with E-state index in [0.717, 1.165) is 56.2 Å². The van der Waals surface area contributed by atoms with Gasteiger partial charge in [0.25, 0.3) is 0 Å². The largest absolute Gasteiger partial charge is 0.369 e. The number of amides is 3. The molecule has 3 fully saturated rings. The summed E-state index contributed by atoms with van der Waals surface area (Å²) in [6.07, 6.45) is 0.623. The van der Waals surface area contributed by atoms with E-state index in [-0.39, 0.29) is 24.1 Å². The standard InChI is InChI=1S/C22H29N5O3/c1-22(2)19-15(26-10-8-25(9-11-26)14-12-23-13-14)4-3-5-16(19)27(21(22)30)17-6-7-18(28)24-20(17)29/h3-5,14,17,23H,6-13H2,1-2H3,(H,24,28,29). The van der Waals surface area contributed by atoms with Crippen LogP contribution in [0.15, 0.2) is 18.2 Å². The molecule has 160 valence electrons. The highest BCUT2D eigenvalue weighted by molar-refractivity contribution is 6.14. The van der Waals surface area contributed by atoms with E-state index in [1.807, 2.05) is 26.0 Å². The van der Waals surface area contributed by atoms with Crippen molar-refractivity contribution in [3.63, 3.8) is 0 Å². The van der Waals surface area contributed by atoms with Crippen LogP contribution in [0.4, 0.5) is 11.4 Å². The van der Waals surface area contributed by atoms with E-state index in [9.17, 15) is 14.4 Å². The molecule has 1 aromatic carbocycles. The molecule has 5 rings (SSSR count). The zero-order chi connectivity index (χ0) is 21.0. The molecule has 0 bridgehead atoms. The van der Waals surface area contributed by atoms with Crippen molar-refractivity contribution in [2.75, 3.05) is 49.1 Å². The third kappa shape index (κ3) is 2.93. The molecular weight excluding hydrogens is 382 g/mol. The van der Waals surface area contributed by atoms with Crippen molar-refractivity contribution in [3.05, 3.63) is 23.8 Å². The van der Waals surface area contributed by atoms with E-state index in [1.165, 1.54) is 0 Å². The molecule has 1 aromatic rings. The van der Waals surface area contributed by atoms with Crippen LogP contribution in [-0.2, 0) is 19.8 Å². The molecule has 3 amide bonds. The van der Waals surface area contributed by atoms with Gasteiger partial charge in [-0.2, -0.15) is 0 Å². The van der Waals surface area contributed by atoms with E-state index in [0.29, 0.717) is 12.5 Å². The first-order chi connectivity index (χ1) is 14.4. The molecule has 0 saturated carbocycles. The lowest BCUT2D eigenvalue weighted by molar-refractivity contribution is -0.136. The monoisotopic (exact) mass is 411 g/mol. The Morgan fingerprint density at radius 3 is 2.33 bits per heavy atom. The Balaban J connectivity index is 1.45. The summed E-state index contributed by atoms with van der Waals surface area (Å²) in [6, 6.07) is 6.03. The number of piperidine rings is 1. The number of piperazine rings is 1. The van der Waals surface area contributed by atoms with Crippen molar-refractivity contribution in [1.82, 2.24) is 15.5 Å². The number of benzene rings is 1. The van der Waals surface area contributed by atoms with Gasteiger partial charge in [0.1, 0.15) is 6.04 Å². The first-order valence-corrected chi connectivity index (χ1v) is 10.9. The SMILES string of the molecule is CC1(C)C(=O)N(C2CCC(=O)NC2=O)c2cccc(N3CCN(C4CNC4)CC3)c21. The van der Waals surface area contributed by atoms with Crippen LogP contribution in [-0.4, -0.2) is 74.0 Å². The number of hydrogen-bond donors (Lipinski definition) is 2. The number of imide groups is 1. The van der Waals surface area contributed by atoms with Crippen LogP contribution < -0.4 is 20.4 Å². The Bertz CT molecular complexity index is 902. The third-order valence-corrected chi connectivity index (χ3v) is 7.11. The predicted octanol–water partition coefficient (Wildman–Crippen LogP) is 0.210. The average molecular weight is 412 g/mol. The van der Waals surface area contributed by atoms with Crippen molar-refractivity contribution >= 4 is 29.1 Å². The molecule has 4 aliphatic rings. The van der Waals surface area contributed by atoms with Gasteiger partial charge in [0.2, 0.25) is 17.7 Å². The second-order valence-electron chi connectivity index (χ2n) is 9.27. The Labute approximate surface area is 176 Å². The molecule has 1 unspecified atom stereocenters. The van der Waals surface area contributed by atoms with Crippen LogP contribution >= 0.6 is 0 Å². The topological polar surface area (TPSA) is 85.0 Å². The Hall–Kier alpha value is -2.45. The second kappa shape index (κ2) is 7.06. The summed E-state index contributed by atoms with van der Waals surface area (Å²) in [4.78, 5) is 44.2. The van der Waals surface area contributed by atoms with Crippen LogP contribution in [0.1, 0.15) is 32.3 Å². The van der Waals surface area contributed by atoms with E-state index in [1.54, 1.807) is 4.90 Å². The molecule has 4 aliphatic heterocycles. The number of nitrogens with zero attached hydrogens (tertiary/aromatic N) is 3. The van der Waals surface area contributed by atoms with Gasteiger partial charge in [0.15, 0.2) is 0 Å². The minimum Gasteiger partial charge on any atom is -0.369 e. The highest BCUT2D eigenvalue weighted by Gasteiger charge is 2.50. The van der Waals surface area contributed by atoms with Crippen molar-refractivity contribution < 1.29 is 14.4 Å². The molecule has 0 aromatic heterocycles. The zero-order valence-electron chi connectivity index (χ0n) is 17.6. The first kappa shape index (κ1) is 19.5. The maximum Gasteiger partial charge on any atom is 0.249 e. The lowest BCUT2D eigenvalue weighted by Gasteiger charge is -2.44. The van der Waals surface area contributed by atoms with E-state index >= 15 is 0 Å². The molecule has 2 N–H and O–H groups in total.